The average molecular weight is 770 g/mol. The van der Waals surface area contributed by atoms with E-state index in [-0.39, 0.29) is 24.3 Å². The van der Waals surface area contributed by atoms with Crippen LogP contribution in [0.15, 0.2) is 102 Å². The number of benzene rings is 3. The van der Waals surface area contributed by atoms with Crippen molar-refractivity contribution < 1.29 is 41.8 Å². The molecule has 15 heteroatoms. The molecule has 3 aromatic carbocycles. The zero-order valence-electron chi connectivity index (χ0n) is 30.9. The molecular formula is C40H43N5O9S. The Morgan fingerprint density at radius 3 is 2.33 bits per heavy atom. The van der Waals surface area contributed by atoms with Gasteiger partial charge in [-0.15, -0.1) is 6.58 Å². The van der Waals surface area contributed by atoms with Crippen LogP contribution in [-0.2, 0) is 29.1 Å². The lowest BCUT2D eigenvalue weighted by atomic mass is 10.1. The first-order valence-electron chi connectivity index (χ1n) is 17.7. The SMILES string of the molecule is C=C[C@@H]1C[C@]1(NC(=O)[C@@H]1CC(Oc2cc(-c3ccccc3)nc3cc(OC)ccc23)CN1C(=O)CNC(=O)OC(C)(C)C)C(=O)NS(=O)(=O)c1ccccc1. The van der Waals surface area contributed by atoms with Crippen molar-refractivity contribution in [1.29, 1.82) is 0 Å². The van der Waals surface area contributed by atoms with E-state index in [9.17, 15) is 27.6 Å². The normalized spacial score (nSPS) is 20.6. The zero-order chi connectivity index (χ0) is 39.5. The first kappa shape index (κ1) is 38.8. The molecule has 2 fully saturated rings. The fourth-order valence-electron chi connectivity index (χ4n) is 6.52. The average Bonchev–Trinajstić information content (AvgIpc) is 3.72. The topological polar surface area (TPSA) is 182 Å². The molecule has 14 nitrogen and oxygen atoms in total. The highest BCUT2D eigenvalue weighted by molar-refractivity contribution is 7.90. The number of methoxy groups -OCH3 is 1. The molecule has 4 aromatic rings. The number of nitrogens with one attached hydrogen (secondary N) is 3. The summed E-state index contributed by atoms with van der Waals surface area (Å²) in [5.41, 5.74) is -0.383. The molecule has 4 amide bonds. The van der Waals surface area contributed by atoms with Gasteiger partial charge in [-0.05, 0) is 51.5 Å². The highest BCUT2D eigenvalue weighted by atomic mass is 32.2. The van der Waals surface area contributed by atoms with E-state index in [0.29, 0.717) is 28.1 Å². The minimum absolute atomic E-state index is 0.00339. The van der Waals surface area contributed by atoms with Crippen molar-refractivity contribution >= 4 is 44.7 Å². The van der Waals surface area contributed by atoms with E-state index in [1.165, 1.54) is 35.2 Å². The predicted octanol–water partition coefficient (Wildman–Crippen LogP) is 4.35. The highest BCUT2D eigenvalue weighted by Gasteiger charge is 2.61. The molecule has 2 aliphatic rings. The molecule has 1 aliphatic heterocycles. The van der Waals surface area contributed by atoms with Gasteiger partial charge in [0.25, 0.3) is 15.9 Å². The zero-order valence-corrected chi connectivity index (χ0v) is 31.7. The Labute approximate surface area is 319 Å². The molecule has 1 aromatic heterocycles. The summed E-state index contributed by atoms with van der Waals surface area (Å²) in [6.07, 6.45) is 0.0206. The predicted molar refractivity (Wildman–Crippen MR) is 203 cm³/mol. The molecule has 0 radical (unpaired) electrons. The van der Waals surface area contributed by atoms with Crippen molar-refractivity contribution in [3.05, 3.63) is 97.6 Å². The number of sulfonamides is 1. The Morgan fingerprint density at radius 2 is 1.69 bits per heavy atom. The van der Waals surface area contributed by atoms with Crippen LogP contribution in [0.5, 0.6) is 11.5 Å². The fraction of sp³-hybridized carbons (Fsp3) is 0.325. The van der Waals surface area contributed by atoms with Crippen molar-refractivity contribution in [3.8, 4) is 22.8 Å². The molecule has 55 heavy (non-hydrogen) atoms. The van der Waals surface area contributed by atoms with Crippen molar-refractivity contribution in [2.24, 2.45) is 5.92 Å². The molecule has 1 unspecified atom stereocenters. The third kappa shape index (κ3) is 8.72. The van der Waals surface area contributed by atoms with Crippen LogP contribution in [0, 0.1) is 5.92 Å². The lowest BCUT2D eigenvalue weighted by molar-refractivity contribution is -0.139. The Bertz CT molecular complexity index is 2230. The maximum atomic E-state index is 14.2. The molecule has 0 bridgehead atoms. The first-order valence-corrected chi connectivity index (χ1v) is 19.1. The second kappa shape index (κ2) is 15.4. The third-order valence-corrected chi connectivity index (χ3v) is 10.7. The van der Waals surface area contributed by atoms with Crippen LogP contribution in [0.4, 0.5) is 4.79 Å². The molecule has 1 aliphatic carbocycles. The summed E-state index contributed by atoms with van der Waals surface area (Å²) in [6, 6.07) is 22.9. The van der Waals surface area contributed by atoms with Crippen molar-refractivity contribution in [2.45, 2.75) is 61.8 Å². The number of pyridine rings is 1. The number of fused-ring (bicyclic) bond motifs is 1. The van der Waals surface area contributed by atoms with Gasteiger partial charge >= 0.3 is 6.09 Å². The summed E-state index contributed by atoms with van der Waals surface area (Å²) in [7, 11) is -2.71. The summed E-state index contributed by atoms with van der Waals surface area (Å²) >= 11 is 0. The minimum atomic E-state index is -4.27. The number of likely N-dealkylation sites (tertiary alicyclic amines) is 1. The fourth-order valence-corrected chi connectivity index (χ4v) is 7.58. The van der Waals surface area contributed by atoms with Gasteiger partial charge in [-0.1, -0.05) is 54.6 Å². The Morgan fingerprint density at radius 1 is 1.00 bits per heavy atom. The second-order valence-corrected chi connectivity index (χ2v) is 16.1. The molecule has 2 heterocycles. The van der Waals surface area contributed by atoms with Crippen LogP contribution in [0.2, 0.25) is 0 Å². The number of amides is 4. The Balaban J connectivity index is 1.28. The van der Waals surface area contributed by atoms with Crippen molar-refractivity contribution in [3.63, 3.8) is 0 Å². The number of alkyl carbamates (subject to hydrolysis) is 1. The minimum Gasteiger partial charge on any atom is -0.497 e. The van der Waals surface area contributed by atoms with Gasteiger partial charge in [-0.3, -0.25) is 14.4 Å². The molecule has 4 atom stereocenters. The van der Waals surface area contributed by atoms with Gasteiger partial charge in [-0.2, -0.15) is 0 Å². The summed E-state index contributed by atoms with van der Waals surface area (Å²) < 4.78 is 45.5. The number of carbonyl (C=O) groups is 4. The van der Waals surface area contributed by atoms with E-state index in [1.807, 2.05) is 36.4 Å². The van der Waals surface area contributed by atoms with Gasteiger partial charge in [0.2, 0.25) is 11.8 Å². The van der Waals surface area contributed by atoms with E-state index in [2.05, 4.69) is 21.9 Å². The number of aromatic nitrogens is 1. The van der Waals surface area contributed by atoms with Crippen LogP contribution < -0.4 is 24.8 Å². The Hall–Kier alpha value is -5.96. The van der Waals surface area contributed by atoms with Gasteiger partial charge in [0.15, 0.2) is 0 Å². The number of hydrogen-bond donors (Lipinski definition) is 3. The third-order valence-electron chi connectivity index (χ3n) is 9.34. The molecule has 3 N–H and O–H groups in total. The quantitative estimate of drug-likeness (QED) is 0.175. The van der Waals surface area contributed by atoms with Crippen molar-refractivity contribution in [1.82, 2.24) is 25.2 Å². The molecule has 6 rings (SSSR count). The van der Waals surface area contributed by atoms with Crippen LogP contribution in [0.3, 0.4) is 0 Å². The van der Waals surface area contributed by atoms with E-state index in [0.717, 1.165) is 5.56 Å². The molecule has 1 saturated heterocycles. The van der Waals surface area contributed by atoms with Crippen LogP contribution >= 0.6 is 0 Å². The van der Waals surface area contributed by atoms with Gasteiger partial charge in [0.1, 0.15) is 41.3 Å². The Kier molecular flexibility index (Phi) is 10.9. The molecule has 288 valence electrons. The van der Waals surface area contributed by atoms with Gasteiger partial charge < -0.3 is 29.7 Å². The molecule has 1 saturated carbocycles. The smallest absolute Gasteiger partial charge is 0.408 e. The number of carbonyl (C=O) groups excluding carboxylic acids is 4. The van der Waals surface area contributed by atoms with Crippen LogP contribution in [0.1, 0.15) is 33.6 Å². The van der Waals surface area contributed by atoms with E-state index >= 15 is 0 Å². The van der Waals surface area contributed by atoms with Crippen LogP contribution in [-0.4, -0.2) is 85.6 Å². The summed E-state index contributed by atoms with van der Waals surface area (Å²) in [6.45, 7) is 8.27. The van der Waals surface area contributed by atoms with Crippen molar-refractivity contribution in [2.75, 3.05) is 20.2 Å². The number of ether oxygens (including phenoxy) is 3. The van der Waals surface area contributed by atoms with Crippen LogP contribution in [0.25, 0.3) is 22.2 Å². The van der Waals surface area contributed by atoms with Gasteiger partial charge in [0, 0.05) is 35.4 Å². The van der Waals surface area contributed by atoms with E-state index < -0.39 is 69.6 Å². The van der Waals surface area contributed by atoms with E-state index in [4.69, 9.17) is 19.2 Å². The largest absolute Gasteiger partial charge is 0.497 e. The highest BCUT2D eigenvalue weighted by Crippen LogP contribution is 2.45. The standard InChI is InChI=1S/C40H43N5O9S/c1-6-26-22-40(26,37(48)44-55(50,51)29-15-11-8-12-16-29)43-36(47)33-20-28(24-45(33)35(46)23-41-38(49)54-39(2,3)4)53-34-21-31(25-13-9-7-10-14-25)42-32-19-27(52-5)17-18-30(32)34/h6-19,21,26,28,33H,1,20,22-24H2,2-5H3,(H,41,49)(H,43,47)(H,44,48)/t26-,28?,33+,40-/m1/s1. The monoisotopic (exact) mass is 769 g/mol. The first-order chi connectivity index (χ1) is 26.1. The van der Waals surface area contributed by atoms with Gasteiger partial charge in [-0.25, -0.2) is 22.9 Å². The maximum Gasteiger partial charge on any atom is 0.408 e. The number of hydrogen-bond acceptors (Lipinski definition) is 10. The summed E-state index contributed by atoms with van der Waals surface area (Å²) in [5.74, 6) is -1.78. The summed E-state index contributed by atoms with van der Waals surface area (Å²) in [5, 5.41) is 5.86. The lowest BCUT2D eigenvalue weighted by Gasteiger charge is -2.27. The van der Waals surface area contributed by atoms with E-state index in [1.54, 1.807) is 52.1 Å². The summed E-state index contributed by atoms with van der Waals surface area (Å²) in [4.78, 5) is 60.0. The second-order valence-electron chi connectivity index (χ2n) is 14.4. The van der Waals surface area contributed by atoms with Gasteiger partial charge in [0.05, 0.1) is 29.8 Å². The molecular weight excluding hydrogens is 727 g/mol. The number of nitrogens with zero attached hydrogens (tertiary/aromatic N) is 2. The lowest BCUT2D eigenvalue weighted by Crippen LogP contribution is -2.57. The molecule has 0 spiro atoms. The number of rotatable bonds is 12. The maximum absolute atomic E-state index is 14.2.